The second-order valence-corrected chi connectivity index (χ2v) is 7.53. The summed E-state index contributed by atoms with van der Waals surface area (Å²) in [6, 6.07) is 0.595. The summed E-state index contributed by atoms with van der Waals surface area (Å²) in [5.74, 6) is 0.939. The number of aliphatic imine (C=N–C) groups is 1. The summed E-state index contributed by atoms with van der Waals surface area (Å²) in [4.78, 5) is 6.91. The Balaban J connectivity index is 1.84. The predicted molar refractivity (Wildman–Crippen MR) is 92.4 cm³/mol. The summed E-state index contributed by atoms with van der Waals surface area (Å²) in [5.41, 5.74) is 0.0829. The zero-order valence-electron chi connectivity index (χ0n) is 15.0. The molecule has 0 aromatic heterocycles. The molecule has 0 aromatic carbocycles. The maximum atomic E-state index is 5.85. The first-order chi connectivity index (χ1) is 10.4. The molecule has 2 aliphatic rings. The molecule has 128 valence electrons. The highest BCUT2D eigenvalue weighted by atomic mass is 16.5. The summed E-state index contributed by atoms with van der Waals surface area (Å²) in [6.45, 7) is 11.8. The minimum absolute atomic E-state index is 0.0829. The van der Waals surface area contributed by atoms with Crippen LogP contribution in [-0.2, 0) is 4.74 Å². The van der Waals surface area contributed by atoms with Crippen LogP contribution in [0.1, 0.15) is 53.4 Å². The largest absolute Gasteiger partial charge is 0.373 e. The fourth-order valence-electron chi connectivity index (χ4n) is 3.54. The third-order valence-corrected chi connectivity index (χ3v) is 4.88. The van der Waals surface area contributed by atoms with E-state index in [1.54, 1.807) is 0 Å². The Morgan fingerprint density at radius 2 is 1.77 bits per heavy atom. The Morgan fingerprint density at radius 3 is 2.32 bits per heavy atom. The van der Waals surface area contributed by atoms with E-state index >= 15 is 0 Å². The molecule has 1 saturated carbocycles. The predicted octanol–water partition coefficient (Wildman–Crippen LogP) is 1.98. The minimum atomic E-state index is 0.0829. The van der Waals surface area contributed by atoms with Crippen molar-refractivity contribution < 1.29 is 4.74 Å². The average molecular weight is 310 g/mol. The van der Waals surface area contributed by atoms with Crippen molar-refractivity contribution in [2.75, 3.05) is 26.7 Å². The number of guanidine groups is 1. The Labute approximate surface area is 135 Å². The summed E-state index contributed by atoms with van der Waals surface area (Å²) >= 11 is 0. The second-order valence-electron chi connectivity index (χ2n) is 7.53. The third kappa shape index (κ3) is 4.85. The lowest BCUT2D eigenvalue weighted by molar-refractivity contribution is -0.0946. The molecular formula is C17H34N4O. The van der Waals surface area contributed by atoms with Crippen LogP contribution < -0.4 is 10.6 Å². The van der Waals surface area contributed by atoms with E-state index in [1.807, 2.05) is 7.05 Å². The van der Waals surface area contributed by atoms with Crippen molar-refractivity contribution in [1.82, 2.24) is 15.5 Å². The molecule has 2 atom stereocenters. The number of morpholine rings is 1. The van der Waals surface area contributed by atoms with E-state index < -0.39 is 0 Å². The van der Waals surface area contributed by atoms with Crippen LogP contribution in [0, 0.1) is 0 Å². The molecule has 0 spiro atoms. The number of hydrogen-bond acceptors (Lipinski definition) is 3. The first-order valence-corrected chi connectivity index (χ1v) is 8.78. The van der Waals surface area contributed by atoms with Gasteiger partial charge in [0.25, 0.3) is 0 Å². The minimum Gasteiger partial charge on any atom is -0.373 e. The van der Waals surface area contributed by atoms with Crippen LogP contribution in [0.2, 0.25) is 0 Å². The second kappa shape index (κ2) is 7.64. The molecule has 2 rings (SSSR count). The standard InChI is InChI=1S/C17H34N4O/c1-13-10-21(11-14(2)22-13)17(3,4)12-19-16(18-5)20-15-8-6-7-9-15/h13-15H,6-12H2,1-5H3,(H2,18,19,20). The summed E-state index contributed by atoms with van der Waals surface area (Å²) in [5, 5.41) is 7.07. The number of hydrogen-bond donors (Lipinski definition) is 2. The van der Waals surface area contributed by atoms with Crippen molar-refractivity contribution in [3.05, 3.63) is 0 Å². The highest BCUT2D eigenvalue weighted by Gasteiger charge is 2.33. The van der Waals surface area contributed by atoms with Crippen LogP contribution in [0.5, 0.6) is 0 Å². The highest BCUT2D eigenvalue weighted by Crippen LogP contribution is 2.21. The molecular weight excluding hydrogens is 276 g/mol. The third-order valence-electron chi connectivity index (χ3n) is 4.88. The molecule has 1 heterocycles. The Kier molecular flexibility index (Phi) is 6.09. The van der Waals surface area contributed by atoms with Crippen LogP contribution >= 0.6 is 0 Å². The van der Waals surface area contributed by atoms with Gasteiger partial charge in [0.15, 0.2) is 5.96 Å². The van der Waals surface area contributed by atoms with E-state index in [0.29, 0.717) is 18.2 Å². The monoisotopic (exact) mass is 310 g/mol. The van der Waals surface area contributed by atoms with E-state index in [0.717, 1.165) is 25.6 Å². The Hall–Kier alpha value is -0.810. The maximum Gasteiger partial charge on any atom is 0.191 e. The molecule has 0 bridgehead atoms. The normalized spacial score (nSPS) is 28.9. The van der Waals surface area contributed by atoms with Gasteiger partial charge in [0.05, 0.1) is 12.2 Å². The lowest BCUT2D eigenvalue weighted by Gasteiger charge is -2.45. The van der Waals surface area contributed by atoms with E-state index in [2.05, 4.69) is 48.2 Å². The van der Waals surface area contributed by atoms with Crippen molar-refractivity contribution in [2.45, 2.75) is 77.2 Å². The molecule has 1 aliphatic heterocycles. The highest BCUT2D eigenvalue weighted by molar-refractivity contribution is 5.80. The molecule has 1 saturated heterocycles. The zero-order valence-corrected chi connectivity index (χ0v) is 15.0. The molecule has 22 heavy (non-hydrogen) atoms. The number of nitrogens with one attached hydrogen (secondary N) is 2. The molecule has 2 fully saturated rings. The van der Waals surface area contributed by atoms with Gasteiger partial charge in [-0.25, -0.2) is 0 Å². The fourth-order valence-corrected chi connectivity index (χ4v) is 3.54. The smallest absolute Gasteiger partial charge is 0.191 e. The van der Waals surface area contributed by atoms with Gasteiger partial charge in [-0.2, -0.15) is 0 Å². The average Bonchev–Trinajstić information content (AvgIpc) is 2.95. The summed E-state index contributed by atoms with van der Waals surface area (Å²) in [7, 11) is 1.86. The molecule has 5 heteroatoms. The first-order valence-electron chi connectivity index (χ1n) is 8.78. The lowest BCUT2D eigenvalue weighted by atomic mass is 10.00. The lowest BCUT2D eigenvalue weighted by Crippen LogP contribution is -2.59. The molecule has 2 N–H and O–H groups in total. The van der Waals surface area contributed by atoms with Crippen LogP contribution in [-0.4, -0.2) is 61.3 Å². The van der Waals surface area contributed by atoms with Gasteiger partial charge >= 0.3 is 0 Å². The quantitative estimate of drug-likeness (QED) is 0.616. The van der Waals surface area contributed by atoms with Gasteiger partial charge in [-0.3, -0.25) is 9.89 Å². The van der Waals surface area contributed by atoms with Crippen LogP contribution in [0.25, 0.3) is 0 Å². The SMILES string of the molecule is CN=C(NCC(C)(C)N1CC(C)OC(C)C1)NC1CCCC1. The Morgan fingerprint density at radius 1 is 1.18 bits per heavy atom. The number of ether oxygens (including phenoxy) is 1. The van der Waals surface area contributed by atoms with Gasteiger partial charge in [0.1, 0.15) is 0 Å². The van der Waals surface area contributed by atoms with E-state index in [9.17, 15) is 0 Å². The first kappa shape index (κ1) is 17.5. The van der Waals surface area contributed by atoms with Gasteiger partial charge < -0.3 is 15.4 Å². The van der Waals surface area contributed by atoms with Crippen LogP contribution in [0.4, 0.5) is 0 Å². The Bertz CT molecular complexity index is 367. The maximum absolute atomic E-state index is 5.85. The van der Waals surface area contributed by atoms with Crippen LogP contribution in [0.3, 0.4) is 0 Å². The van der Waals surface area contributed by atoms with Crippen molar-refractivity contribution in [2.24, 2.45) is 4.99 Å². The van der Waals surface area contributed by atoms with Gasteiger partial charge in [0, 0.05) is 38.3 Å². The topological polar surface area (TPSA) is 48.9 Å². The molecule has 0 radical (unpaired) electrons. The number of rotatable bonds is 4. The van der Waals surface area contributed by atoms with Gasteiger partial charge in [-0.05, 0) is 40.5 Å². The van der Waals surface area contributed by atoms with E-state index in [1.165, 1.54) is 25.7 Å². The van der Waals surface area contributed by atoms with Gasteiger partial charge in [-0.15, -0.1) is 0 Å². The molecule has 1 aliphatic carbocycles. The summed E-state index contributed by atoms with van der Waals surface area (Å²) in [6.07, 6.45) is 5.82. The van der Waals surface area contributed by atoms with E-state index in [-0.39, 0.29) is 5.54 Å². The van der Waals surface area contributed by atoms with Crippen molar-refractivity contribution in [3.8, 4) is 0 Å². The fraction of sp³-hybridized carbons (Fsp3) is 0.941. The molecule has 0 aromatic rings. The van der Waals surface area contributed by atoms with Crippen molar-refractivity contribution in [1.29, 1.82) is 0 Å². The van der Waals surface area contributed by atoms with Crippen molar-refractivity contribution >= 4 is 5.96 Å². The van der Waals surface area contributed by atoms with E-state index in [4.69, 9.17) is 4.74 Å². The van der Waals surface area contributed by atoms with Crippen molar-refractivity contribution in [3.63, 3.8) is 0 Å². The molecule has 2 unspecified atom stereocenters. The molecule has 5 nitrogen and oxygen atoms in total. The van der Waals surface area contributed by atoms with Gasteiger partial charge in [-0.1, -0.05) is 12.8 Å². The zero-order chi connectivity index (χ0) is 16.2. The number of nitrogens with zero attached hydrogens (tertiary/aromatic N) is 2. The summed E-state index contributed by atoms with van der Waals surface area (Å²) < 4.78 is 5.85. The van der Waals surface area contributed by atoms with Crippen LogP contribution in [0.15, 0.2) is 4.99 Å². The molecule has 0 amide bonds. The van der Waals surface area contributed by atoms with Gasteiger partial charge in [0.2, 0.25) is 0 Å².